The van der Waals surface area contributed by atoms with Crippen molar-refractivity contribution in [2.75, 3.05) is 0 Å². The molecule has 0 aliphatic rings. The van der Waals surface area contributed by atoms with Crippen LogP contribution in [0.2, 0.25) is 0 Å². The molecule has 0 fully saturated rings. The predicted molar refractivity (Wildman–Crippen MR) is 202 cm³/mol. The number of hydrogen-bond donors (Lipinski definition) is 0. The molecule has 0 N–H and O–H groups in total. The molecule has 0 amide bonds. The SMILES string of the molecule is c1ccc(-c2ccc(-c3cc(-c4ccc(-c5cccc6ccccc56)cc4)c4nc(-c5ccc(-c6cccnc6)cc5)oc4c3)cc2)cc1. The van der Waals surface area contributed by atoms with E-state index in [1.807, 2.05) is 18.3 Å². The first-order valence-electron chi connectivity index (χ1n) is 16.5. The molecule has 230 valence electrons. The van der Waals surface area contributed by atoms with Gasteiger partial charge in [0, 0.05) is 23.5 Å². The zero-order valence-corrected chi connectivity index (χ0v) is 26.6. The van der Waals surface area contributed by atoms with Crippen LogP contribution in [0.1, 0.15) is 0 Å². The fraction of sp³-hybridized carbons (Fsp3) is 0. The van der Waals surface area contributed by atoms with E-state index in [4.69, 9.17) is 9.40 Å². The zero-order chi connectivity index (χ0) is 32.6. The van der Waals surface area contributed by atoms with Crippen LogP contribution in [0.3, 0.4) is 0 Å². The summed E-state index contributed by atoms with van der Waals surface area (Å²) in [6.07, 6.45) is 3.66. The number of nitrogens with zero attached hydrogens (tertiary/aromatic N) is 2. The molecule has 0 saturated carbocycles. The fourth-order valence-corrected chi connectivity index (χ4v) is 6.67. The molecule has 2 aromatic heterocycles. The van der Waals surface area contributed by atoms with Crippen LogP contribution in [-0.4, -0.2) is 9.97 Å². The molecule has 0 aliphatic heterocycles. The average Bonchev–Trinajstić information content (AvgIpc) is 3.63. The minimum atomic E-state index is 0.595. The lowest BCUT2D eigenvalue weighted by molar-refractivity contribution is 0.620. The molecule has 3 nitrogen and oxygen atoms in total. The highest BCUT2D eigenvalue weighted by Crippen LogP contribution is 2.38. The largest absolute Gasteiger partial charge is 0.436 e. The third kappa shape index (κ3) is 5.48. The maximum absolute atomic E-state index is 6.53. The lowest BCUT2D eigenvalue weighted by Crippen LogP contribution is -1.87. The summed E-state index contributed by atoms with van der Waals surface area (Å²) in [6.45, 7) is 0. The first-order chi connectivity index (χ1) is 24.3. The second kappa shape index (κ2) is 12.2. The Bertz CT molecular complexity index is 2550. The first-order valence-corrected chi connectivity index (χ1v) is 16.5. The van der Waals surface area contributed by atoms with Crippen LogP contribution < -0.4 is 0 Å². The van der Waals surface area contributed by atoms with E-state index in [0.29, 0.717) is 5.89 Å². The number of fused-ring (bicyclic) bond motifs is 2. The number of rotatable bonds is 6. The number of benzene rings is 7. The van der Waals surface area contributed by atoms with Gasteiger partial charge in [-0.3, -0.25) is 4.98 Å². The van der Waals surface area contributed by atoms with Gasteiger partial charge < -0.3 is 4.42 Å². The molecule has 7 aromatic carbocycles. The highest BCUT2D eigenvalue weighted by molar-refractivity contribution is 5.99. The molecule has 0 spiro atoms. The van der Waals surface area contributed by atoms with Gasteiger partial charge in [-0.2, -0.15) is 0 Å². The minimum absolute atomic E-state index is 0.595. The van der Waals surface area contributed by atoms with Crippen molar-refractivity contribution in [2.45, 2.75) is 0 Å². The normalized spacial score (nSPS) is 11.3. The Balaban J connectivity index is 1.14. The van der Waals surface area contributed by atoms with E-state index in [9.17, 15) is 0 Å². The van der Waals surface area contributed by atoms with Gasteiger partial charge in [-0.05, 0) is 91.2 Å². The molecule has 0 bridgehead atoms. The second-order valence-electron chi connectivity index (χ2n) is 12.3. The quantitative estimate of drug-likeness (QED) is 0.184. The van der Waals surface area contributed by atoms with Crippen molar-refractivity contribution in [1.29, 1.82) is 0 Å². The van der Waals surface area contributed by atoms with E-state index in [-0.39, 0.29) is 0 Å². The summed E-state index contributed by atoms with van der Waals surface area (Å²) in [6, 6.07) is 59.7. The third-order valence-corrected chi connectivity index (χ3v) is 9.24. The van der Waals surface area contributed by atoms with E-state index in [0.717, 1.165) is 50.0 Å². The standard InChI is InChI=1S/C46H30N2O/c1-2-8-31(9-3-1)32-15-17-34(18-16-32)40-28-43(37-23-21-36(22-24-37)42-14-6-11-35-10-4-5-13-41(35)42)45-44(29-40)49-46(48-45)38-25-19-33(20-26-38)39-12-7-27-47-30-39/h1-30H. The average molecular weight is 627 g/mol. The second-order valence-corrected chi connectivity index (χ2v) is 12.3. The van der Waals surface area contributed by atoms with E-state index < -0.39 is 0 Å². The number of oxazole rings is 1. The summed E-state index contributed by atoms with van der Waals surface area (Å²) in [4.78, 5) is 9.36. The molecule has 0 saturated heterocycles. The van der Waals surface area contributed by atoms with Gasteiger partial charge in [0.25, 0.3) is 0 Å². The molecule has 0 atom stereocenters. The van der Waals surface area contributed by atoms with Crippen LogP contribution in [-0.2, 0) is 0 Å². The first kappa shape index (κ1) is 28.6. The molecule has 0 unspecified atom stereocenters. The Kier molecular flexibility index (Phi) is 7.14. The highest BCUT2D eigenvalue weighted by atomic mass is 16.3. The van der Waals surface area contributed by atoms with Crippen molar-refractivity contribution in [2.24, 2.45) is 0 Å². The maximum Gasteiger partial charge on any atom is 0.227 e. The van der Waals surface area contributed by atoms with E-state index in [1.54, 1.807) is 6.20 Å². The predicted octanol–water partition coefficient (Wildman–Crippen LogP) is 12.4. The molecule has 0 aliphatic carbocycles. The minimum Gasteiger partial charge on any atom is -0.436 e. The van der Waals surface area contributed by atoms with Gasteiger partial charge in [0.1, 0.15) is 5.52 Å². The van der Waals surface area contributed by atoms with E-state index in [1.165, 1.54) is 33.0 Å². The topological polar surface area (TPSA) is 38.9 Å². The van der Waals surface area contributed by atoms with E-state index in [2.05, 4.69) is 163 Å². The Hall–Kier alpha value is -6.58. The summed E-state index contributed by atoms with van der Waals surface area (Å²) in [5, 5.41) is 2.48. The molecule has 49 heavy (non-hydrogen) atoms. The van der Waals surface area contributed by atoms with Crippen molar-refractivity contribution >= 4 is 21.9 Å². The molecule has 2 heterocycles. The summed E-state index contributed by atoms with van der Waals surface area (Å²) in [5.74, 6) is 0.595. The van der Waals surface area contributed by atoms with Crippen LogP contribution in [0.5, 0.6) is 0 Å². The molecule has 9 rings (SSSR count). The highest BCUT2D eigenvalue weighted by Gasteiger charge is 2.17. The lowest BCUT2D eigenvalue weighted by atomic mass is 9.94. The van der Waals surface area contributed by atoms with Crippen LogP contribution in [0.4, 0.5) is 0 Å². The molecule has 0 radical (unpaired) electrons. The molecular weight excluding hydrogens is 597 g/mol. The zero-order valence-electron chi connectivity index (χ0n) is 26.6. The Morgan fingerprint density at radius 3 is 1.69 bits per heavy atom. The molecule has 9 aromatic rings. The van der Waals surface area contributed by atoms with Gasteiger partial charge in [-0.1, -0.05) is 140 Å². The van der Waals surface area contributed by atoms with Crippen molar-refractivity contribution in [3.8, 4) is 67.1 Å². The summed E-state index contributed by atoms with van der Waals surface area (Å²) in [5.41, 5.74) is 13.8. The monoisotopic (exact) mass is 626 g/mol. The fourth-order valence-electron chi connectivity index (χ4n) is 6.67. The van der Waals surface area contributed by atoms with Gasteiger partial charge in [-0.15, -0.1) is 0 Å². The smallest absolute Gasteiger partial charge is 0.227 e. The van der Waals surface area contributed by atoms with Crippen LogP contribution >= 0.6 is 0 Å². The van der Waals surface area contributed by atoms with Crippen LogP contribution in [0.25, 0.3) is 89.0 Å². The number of hydrogen-bond acceptors (Lipinski definition) is 3. The van der Waals surface area contributed by atoms with Gasteiger partial charge in [0.15, 0.2) is 5.58 Å². The van der Waals surface area contributed by atoms with Gasteiger partial charge in [0.2, 0.25) is 5.89 Å². The van der Waals surface area contributed by atoms with Gasteiger partial charge >= 0.3 is 0 Å². The number of pyridine rings is 1. The maximum atomic E-state index is 6.53. The Labute approximate surface area is 284 Å². The van der Waals surface area contributed by atoms with Gasteiger partial charge in [-0.25, -0.2) is 4.98 Å². The van der Waals surface area contributed by atoms with Crippen molar-refractivity contribution < 1.29 is 4.42 Å². The van der Waals surface area contributed by atoms with Crippen LogP contribution in [0.15, 0.2) is 187 Å². The van der Waals surface area contributed by atoms with Gasteiger partial charge in [0.05, 0.1) is 0 Å². The summed E-state index contributed by atoms with van der Waals surface area (Å²) >= 11 is 0. The third-order valence-electron chi connectivity index (χ3n) is 9.24. The molecule has 3 heteroatoms. The van der Waals surface area contributed by atoms with Crippen molar-refractivity contribution in [3.63, 3.8) is 0 Å². The molecular formula is C46H30N2O. The van der Waals surface area contributed by atoms with Crippen molar-refractivity contribution in [3.05, 3.63) is 182 Å². The van der Waals surface area contributed by atoms with Crippen LogP contribution in [0, 0.1) is 0 Å². The summed E-state index contributed by atoms with van der Waals surface area (Å²) < 4.78 is 6.53. The summed E-state index contributed by atoms with van der Waals surface area (Å²) in [7, 11) is 0. The Morgan fingerprint density at radius 2 is 0.959 bits per heavy atom. The number of aromatic nitrogens is 2. The Morgan fingerprint density at radius 1 is 0.388 bits per heavy atom. The van der Waals surface area contributed by atoms with E-state index >= 15 is 0 Å². The lowest BCUT2D eigenvalue weighted by Gasteiger charge is -2.10. The van der Waals surface area contributed by atoms with Crippen molar-refractivity contribution in [1.82, 2.24) is 9.97 Å².